The molecule has 2 saturated carbocycles. The molecule has 0 saturated heterocycles. The van der Waals surface area contributed by atoms with Gasteiger partial charge in [-0.2, -0.15) is 5.26 Å². The van der Waals surface area contributed by atoms with E-state index in [9.17, 15) is 9.65 Å². The molecule has 88 valence electrons. The highest BCUT2D eigenvalue weighted by Crippen LogP contribution is 2.62. The van der Waals surface area contributed by atoms with Gasteiger partial charge in [0.1, 0.15) is 5.82 Å². The first-order chi connectivity index (χ1) is 8.18. The first-order valence-electron chi connectivity index (χ1n) is 6.36. The highest BCUT2D eigenvalue weighted by molar-refractivity contribution is 5.38. The topological polar surface area (TPSA) is 23.8 Å². The summed E-state index contributed by atoms with van der Waals surface area (Å²) >= 11 is 0. The lowest BCUT2D eigenvalue weighted by Gasteiger charge is -2.51. The Balaban J connectivity index is 1.86. The van der Waals surface area contributed by atoms with Gasteiger partial charge in [0.2, 0.25) is 0 Å². The lowest BCUT2D eigenvalue weighted by Crippen LogP contribution is -2.47. The molecule has 1 aromatic carbocycles. The van der Waals surface area contributed by atoms with Gasteiger partial charge in [-0.15, -0.1) is 0 Å². The van der Waals surface area contributed by atoms with Crippen molar-refractivity contribution in [3.63, 3.8) is 0 Å². The van der Waals surface area contributed by atoms with Crippen molar-refractivity contribution in [2.75, 3.05) is 0 Å². The molecule has 0 amide bonds. The van der Waals surface area contributed by atoms with Gasteiger partial charge in [0.15, 0.2) is 0 Å². The molecule has 2 aliphatic rings. The second-order valence-corrected chi connectivity index (χ2v) is 5.76. The number of nitriles is 1. The Morgan fingerprint density at radius 3 is 2.18 bits per heavy atom. The van der Waals surface area contributed by atoms with E-state index in [0.717, 1.165) is 18.4 Å². The summed E-state index contributed by atoms with van der Waals surface area (Å²) in [7, 11) is 0. The maximum atomic E-state index is 12.9. The van der Waals surface area contributed by atoms with Crippen LogP contribution in [-0.4, -0.2) is 0 Å². The Morgan fingerprint density at radius 2 is 1.65 bits per heavy atom. The minimum Gasteiger partial charge on any atom is -0.207 e. The Bertz CT molecular complexity index is 455. The summed E-state index contributed by atoms with van der Waals surface area (Å²) in [6, 6.07) is 8.97. The van der Waals surface area contributed by atoms with Gasteiger partial charge in [0.25, 0.3) is 0 Å². The predicted octanol–water partition coefficient (Wildman–Crippen LogP) is 3.94. The molecule has 3 rings (SSSR count). The number of hydrogen-bond acceptors (Lipinski definition) is 1. The Morgan fingerprint density at radius 1 is 1.06 bits per heavy atom. The third kappa shape index (κ3) is 1.57. The zero-order valence-corrected chi connectivity index (χ0v) is 9.88. The molecule has 0 heterocycles. The Kier molecular flexibility index (Phi) is 2.26. The van der Waals surface area contributed by atoms with Gasteiger partial charge in [0, 0.05) is 0 Å². The highest BCUT2D eigenvalue weighted by Gasteiger charge is 2.56. The molecule has 2 fully saturated rings. The number of benzene rings is 1. The smallest absolute Gasteiger partial charge is 0.123 e. The van der Waals surface area contributed by atoms with Crippen molar-refractivity contribution < 1.29 is 4.39 Å². The van der Waals surface area contributed by atoms with Crippen molar-refractivity contribution in [2.45, 2.75) is 43.9 Å². The molecule has 1 nitrogen and oxygen atoms in total. The first kappa shape index (κ1) is 10.8. The normalized spacial score (nSPS) is 24.2. The van der Waals surface area contributed by atoms with Crippen LogP contribution in [0.15, 0.2) is 24.3 Å². The molecule has 0 radical (unpaired) electrons. The summed E-state index contributed by atoms with van der Waals surface area (Å²) in [5.74, 6) is -0.225. The Hall–Kier alpha value is -1.36. The lowest BCUT2D eigenvalue weighted by atomic mass is 9.50. The van der Waals surface area contributed by atoms with Crippen molar-refractivity contribution >= 4 is 0 Å². The summed E-state index contributed by atoms with van der Waals surface area (Å²) in [5, 5.41) is 9.46. The van der Waals surface area contributed by atoms with E-state index in [-0.39, 0.29) is 11.2 Å². The number of hydrogen-bond donors (Lipinski definition) is 0. The molecular weight excluding hydrogens is 213 g/mol. The van der Waals surface area contributed by atoms with Crippen LogP contribution >= 0.6 is 0 Å². The predicted molar refractivity (Wildman–Crippen MR) is 63.8 cm³/mol. The summed E-state index contributed by atoms with van der Waals surface area (Å²) in [6.45, 7) is 0. The van der Waals surface area contributed by atoms with E-state index in [1.54, 1.807) is 12.1 Å². The zero-order valence-electron chi connectivity index (χ0n) is 9.88. The van der Waals surface area contributed by atoms with Crippen LogP contribution in [0.3, 0.4) is 0 Å². The van der Waals surface area contributed by atoms with Crippen molar-refractivity contribution in [3.8, 4) is 6.07 Å². The van der Waals surface area contributed by atoms with Gasteiger partial charge in [0.05, 0.1) is 11.5 Å². The second-order valence-electron chi connectivity index (χ2n) is 5.76. The molecule has 2 heteroatoms. The standard InChI is InChI=1S/C15H16FN/c16-13-5-3-12(4-6-13)15(11-17)9-14(10-15)7-1-2-8-14/h3-6H,1-2,7-10H2. The average Bonchev–Trinajstić information content (AvgIpc) is 2.76. The van der Waals surface area contributed by atoms with Gasteiger partial charge in [-0.3, -0.25) is 0 Å². The number of rotatable bonds is 1. The van der Waals surface area contributed by atoms with Crippen LogP contribution in [0.4, 0.5) is 4.39 Å². The van der Waals surface area contributed by atoms with Crippen LogP contribution in [0.1, 0.15) is 44.1 Å². The van der Waals surface area contributed by atoms with E-state index in [2.05, 4.69) is 6.07 Å². The SMILES string of the molecule is N#CC1(c2ccc(F)cc2)CC2(CCCC2)C1. The summed E-state index contributed by atoms with van der Waals surface area (Å²) < 4.78 is 12.9. The highest BCUT2D eigenvalue weighted by atomic mass is 19.1. The van der Waals surface area contributed by atoms with E-state index in [4.69, 9.17) is 0 Å². The van der Waals surface area contributed by atoms with Gasteiger partial charge >= 0.3 is 0 Å². The minimum atomic E-state index is -0.335. The number of halogens is 1. The van der Waals surface area contributed by atoms with Crippen LogP contribution in [0.2, 0.25) is 0 Å². The third-order valence-electron chi connectivity index (χ3n) is 4.63. The van der Waals surface area contributed by atoms with Gasteiger partial charge in [-0.1, -0.05) is 25.0 Å². The van der Waals surface area contributed by atoms with E-state index >= 15 is 0 Å². The van der Waals surface area contributed by atoms with Crippen molar-refractivity contribution in [2.24, 2.45) is 5.41 Å². The monoisotopic (exact) mass is 229 g/mol. The van der Waals surface area contributed by atoms with Crippen LogP contribution in [0.25, 0.3) is 0 Å². The van der Waals surface area contributed by atoms with E-state index < -0.39 is 0 Å². The van der Waals surface area contributed by atoms with Crippen LogP contribution in [0.5, 0.6) is 0 Å². The van der Waals surface area contributed by atoms with Crippen LogP contribution in [-0.2, 0) is 5.41 Å². The minimum absolute atomic E-state index is 0.225. The third-order valence-corrected chi connectivity index (χ3v) is 4.63. The molecule has 1 spiro atoms. The summed E-state index contributed by atoms with van der Waals surface area (Å²) in [4.78, 5) is 0. The van der Waals surface area contributed by atoms with Gasteiger partial charge in [-0.05, 0) is 48.8 Å². The van der Waals surface area contributed by atoms with E-state index in [1.807, 2.05) is 0 Å². The molecule has 2 aliphatic carbocycles. The molecule has 0 bridgehead atoms. The maximum Gasteiger partial charge on any atom is 0.123 e. The maximum absolute atomic E-state index is 12.9. The molecule has 0 N–H and O–H groups in total. The second kappa shape index (κ2) is 3.57. The average molecular weight is 229 g/mol. The molecule has 0 aromatic heterocycles. The van der Waals surface area contributed by atoms with Crippen LogP contribution < -0.4 is 0 Å². The van der Waals surface area contributed by atoms with Crippen LogP contribution in [0, 0.1) is 22.6 Å². The fourth-order valence-electron chi connectivity index (χ4n) is 3.82. The number of nitrogens with zero attached hydrogens (tertiary/aromatic N) is 1. The molecule has 1 aromatic rings. The largest absolute Gasteiger partial charge is 0.207 e. The lowest BCUT2D eigenvalue weighted by molar-refractivity contribution is 0.0648. The molecular formula is C15H16FN. The van der Waals surface area contributed by atoms with Crippen molar-refractivity contribution in [3.05, 3.63) is 35.6 Å². The molecule has 0 aliphatic heterocycles. The Labute approximate surface area is 101 Å². The van der Waals surface area contributed by atoms with E-state index in [0.29, 0.717) is 5.41 Å². The summed E-state index contributed by atoms with van der Waals surface area (Å²) in [6.07, 6.45) is 7.12. The molecule has 17 heavy (non-hydrogen) atoms. The fraction of sp³-hybridized carbons (Fsp3) is 0.533. The quantitative estimate of drug-likeness (QED) is 0.715. The molecule has 0 atom stereocenters. The fourth-order valence-corrected chi connectivity index (χ4v) is 3.82. The van der Waals surface area contributed by atoms with E-state index in [1.165, 1.54) is 37.8 Å². The summed E-state index contributed by atoms with van der Waals surface area (Å²) in [5.41, 5.74) is 1.10. The zero-order chi connectivity index (χ0) is 11.9. The van der Waals surface area contributed by atoms with Gasteiger partial charge in [-0.25, -0.2) is 4.39 Å². The van der Waals surface area contributed by atoms with Crippen molar-refractivity contribution in [1.29, 1.82) is 5.26 Å². The first-order valence-corrected chi connectivity index (χ1v) is 6.36. The van der Waals surface area contributed by atoms with Crippen molar-refractivity contribution in [1.82, 2.24) is 0 Å². The molecule has 0 unspecified atom stereocenters. The van der Waals surface area contributed by atoms with Gasteiger partial charge < -0.3 is 0 Å².